The highest BCUT2D eigenvalue weighted by molar-refractivity contribution is 7.92. The number of hydrogen-bond donors (Lipinski definition) is 1. The minimum absolute atomic E-state index is 0.0699. The lowest BCUT2D eigenvalue weighted by molar-refractivity contribution is 0.0629. The number of hydrogen-bond acceptors (Lipinski definition) is 4. The normalized spacial score (nSPS) is 15.8. The van der Waals surface area contributed by atoms with E-state index in [1.807, 2.05) is 40.7 Å². The van der Waals surface area contributed by atoms with Gasteiger partial charge in [-0.15, -0.1) is 6.58 Å². The highest BCUT2D eigenvalue weighted by Gasteiger charge is 2.50. The van der Waals surface area contributed by atoms with Crippen LogP contribution in [0.2, 0.25) is 0 Å². The molecule has 2 rings (SSSR count). The number of urea groups is 1. The van der Waals surface area contributed by atoms with E-state index in [-0.39, 0.29) is 43.1 Å². The lowest BCUT2D eigenvalue weighted by atomic mass is 9.87. The first-order valence-electron chi connectivity index (χ1n) is 12.5. The molecule has 2 amide bonds. The number of nitrogens with zero attached hydrogens (tertiary/aromatic N) is 1. The number of sulfone groups is 1. The van der Waals surface area contributed by atoms with Crippen LogP contribution in [0.5, 0.6) is 5.75 Å². The summed E-state index contributed by atoms with van der Waals surface area (Å²) in [6, 6.07) is 0.759. The number of rotatable bonds is 9. The van der Waals surface area contributed by atoms with E-state index < -0.39 is 50.3 Å². The zero-order valence-corrected chi connectivity index (χ0v) is 24.3. The Balaban J connectivity index is 0. The molecule has 0 aliphatic carbocycles. The number of halogens is 4. The fourth-order valence-electron chi connectivity index (χ4n) is 3.50. The molecule has 1 aliphatic heterocycles. The molecule has 11 heteroatoms. The first-order chi connectivity index (χ1) is 17.6. The van der Waals surface area contributed by atoms with Crippen molar-refractivity contribution in [3.63, 3.8) is 0 Å². The van der Waals surface area contributed by atoms with E-state index in [1.54, 1.807) is 6.92 Å². The maximum absolute atomic E-state index is 14.6. The lowest BCUT2D eigenvalue weighted by Gasteiger charge is -2.38. The molecule has 1 heterocycles. The number of carbonyl (C=O) groups is 1. The summed E-state index contributed by atoms with van der Waals surface area (Å²) in [7, 11) is -4.02. The van der Waals surface area contributed by atoms with Crippen LogP contribution < -0.4 is 10.1 Å². The van der Waals surface area contributed by atoms with Crippen LogP contribution in [0.25, 0.3) is 0 Å². The van der Waals surface area contributed by atoms with Crippen molar-refractivity contribution in [2.24, 2.45) is 0 Å². The number of fused-ring (bicyclic) bond motifs is 1. The number of nitrogens with one attached hydrogen (secondary N) is 1. The molecule has 0 spiro atoms. The van der Waals surface area contributed by atoms with Crippen molar-refractivity contribution < 1.29 is 31.2 Å². The monoisotopic (exact) mass is 570 g/mol. The molecule has 0 bridgehead atoms. The van der Waals surface area contributed by atoms with Gasteiger partial charge in [0.25, 0.3) is 0 Å². The van der Waals surface area contributed by atoms with Crippen molar-refractivity contribution in [1.29, 1.82) is 0 Å². The number of carbonyl (C=O) groups excluding carboxylic acids is 1. The minimum atomic E-state index is -4.02. The Kier molecular flexibility index (Phi) is 19.8. The molecule has 0 saturated carbocycles. The molecule has 1 aromatic rings. The van der Waals surface area contributed by atoms with Gasteiger partial charge in [-0.25, -0.2) is 22.0 Å². The standard InChI is InChI=1S/C18H23F3N2O4S.C4H7Cl.2C2H6/c1-3-12-28(25,26)18(8-5-10-23(21)17(24)22-4-2)9-11-27-16-14(20)7-6-13(19)15(16)18;1-2-3-4-5;2*1-2/h3,6-7H,1,4-5,8-12H2,2H3,(H,22,24);3-4H,2H2,1H3;2*1-2H3/b;4-3+;;/t18-;;;/m1.../s1. The fourth-order valence-corrected chi connectivity index (χ4v) is 5.66. The quantitative estimate of drug-likeness (QED) is 0.247. The van der Waals surface area contributed by atoms with E-state index >= 15 is 0 Å². The molecule has 1 aliphatic rings. The lowest BCUT2D eigenvalue weighted by Crippen LogP contribution is -2.43. The number of amides is 2. The molecule has 37 heavy (non-hydrogen) atoms. The van der Waals surface area contributed by atoms with Gasteiger partial charge >= 0.3 is 6.03 Å². The van der Waals surface area contributed by atoms with E-state index in [0.29, 0.717) is 0 Å². The van der Waals surface area contributed by atoms with Crippen molar-refractivity contribution in [2.75, 3.05) is 25.4 Å². The van der Waals surface area contributed by atoms with Crippen LogP contribution in [-0.2, 0) is 14.6 Å². The number of ether oxygens (including phenoxy) is 1. The van der Waals surface area contributed by atoms with Crippen LogP contribution in [-0.4, -0.2) is 45.0 Å². The van der Waals surface area contributed by atoms with Crippen molar-refractivity contribution in [2.45, 2.75) is 72.0 Å². The highest BCUT2D eigenvalue weighted by atomic mass is 35.5. The Hall–Kier alpha value is -2.20. The van der Waals surface area contributed by atoms with Gasteiger partial charge in [0.15, 0.2) is 21.4 Å². The second kappa shape index (κ2) is 19.9. The third kappa shape index (κ3) is 10.6. The van der Waals surface area contributed by atoms with E-state index in [1.165, 1.54) is 11.6 Å². The smallest absolute Gasteiger partial charge is 0.345 e. The minimum Gasteiger partial charge on any atom is -0.490 e. The van der Waals surface area contributed by atoms with Crippen LogP contribution in [0, 0.1) is 11.6 Å². The van der Waals surface area contributed by atoms with Gasteiger partial charge in [-0.1, -0.05) is 62.9 Å². The third-order valence-electron chi connectivity index (χ3n) is 5.01. The second-order valence-corrected chi connectivity index (χ2v) is 9.79. The van der Waals surface area contributed by atoms with E-state index in [2.05, 4.69) is 11.9 Å². The summed E-state index contributed by atoms with van der Waals surface area (Å²) in [5.74, 6) is -2.69. The maximum atomic E-state index is 14.6. The van der Waals surface area contributed by atoms with Gasteiger partial charge in [0.2, 0.25) is 0 Å². The molecule has 1 atom stereocenters. The van der Waals surface area contributed by atoms with Crippen molar-refractivity contribution in [1.82, 2.24) is 10.4 Å². The van der Waals surface area contributed by atoms with Crippen molar-refractivity contribution >= 4 is 27.5 Å². The van der Waals surface area contributed by atoms with Crippen LogP contribution in [0.4, 0.5) is 18.1 Å². The summed E-state index contributed by atoms with van der Waals surface area (Å²) >= 11 is 5.12. The van der Waals surface area contributed by atoms with Gasteiger partial charge < -0.3 is 10.1 Å². The molecular formula is C26H42ClF3N2O4S. The van der Waals surface area contributed by atoms with Crippen LogP contribution in [0.15, 0.2) is 36.4 Å². The van der Waals surface area contributed by atoms with Gasteiger partial charge in [0, 0.05) is 18.5 Å². The van der Waals surface area contributed by atoms with Gasteiger partial charge in [-0.05, 0) is 38.3 Å². The Bertz CT molecular complexity index is 946. The third-order valence-corrected chi connectivity index (χ3v) is 7.66. The molecule has 0 fully saturated rings. The zero-order valence-electron chi connectivity index (χ0n) is 22.8. The summed E-state index contributed by atoms with van der Waals surface area (Å²) in [5, 5.41) is 2.21. The second-order valence-electron chi connectivity index (χ2n) is 7.19. The van der Waals surface area contributed by atoms with Gasteiger partial charge in [-0.2, -0.15) is 5.12 Å². The maximum Gasteiger partial charge on any atom is 0.345 e. The molecule has 0 aromatic heterocycles. The summed E-state index contributed by atoms with van der Waals surface area (Å²) in [6.45, 7) is 14.8. The molecule has 6 nitrogen and oxygen atoms in total. The summed E-state index contributed by atoms with van der Waals surface area (Å²) in [6.07, 6.45) is 3.67. The average molecular weight is 571 g/mol. The Morgan fingerprint density at radius 2 is 1.81 bits per heavy atom. The SMILES string of the molecule is C=CCS(=O)(=O)[C@]1(CCCN(F)C(=O)NCC)CCOc2c(F)ccc(F)c21.CC.CC.CC/C=C/Cl. The van der Waals surface area contributed by atoms with Gasteiger partial charge in [-0.3, -0.25) is 0 Å². The van der Waals surface area contributed by atoms with Crippen LogP contribution >= 0.6 is 11.6 Å². The first kappa shape index (κ1) is 37.0. The molecular weight excluding hydrogens is 529 g/mol. The molecule has 0 saturated heterocycles. The topological polar surface area (TPSA) is 75.7 Å². The first-order valence-corrected chi connectivity index (χ1v) is 14.6. The zero-order chi connectivity index (χ0) is 29.1. The van der Waals surface area contributed by atoms with Crippen molar-refractivity contribution in [3.8, 4) is 5.75 Å². The van der Waals surface area contributed by atoms with E-state index in [9.17, 15) is 26.5 Å². The molecule has 214 valence electrons. The summed E-state index contributed by atoms with van der Waals surface area (Å²) in [4.78, 5) is 11.5. The molecule has 0 radical (unpaired) electrons. The van der Waals surface area contributed by atoms with Crippen LogP contribution in [0.1, 0.15) is 72.8 Å². The number of benzene rings is 1. The highest BCUT2D eigenvalue weighted by Crippen LogP contribution is 2.48. The fraction of sp³-hybridized carbons (Fsp3) is 0.577. The Labute approximate surface area is 225 Å². The predicted molar refractivity (Wildman–Crippen MR) is 146 cm³/mol. The Morgan fingerprint density at radius 3 is 2.30 bits per heavy atom. The predicted octanol–water partition coefficient (Wildman–Crippen LogP) is 7.44. The Morgan fingerprint density at radius 1 is 1.22 bits per heavy atom. The number of allylic oxidation sites excluding steroid dienone is 1. The van der Waals surface area contributed by atoms with Crippen molar-refractivity contribution in [3.05, 3.63) is 53.6 Å². The summed E-state index contributed by atoms with van der Waals surface area (Å²) < 4.78 is 72.2. The molecule has 1 N–H and O–H groups in total. The van der Waals surface area contributed by atoms with Gasteiger partial charge in [0.05, 0.1) is 24.5 Å². The molecule has 1 aromatic carbocycles. The van der Waals surface area contributed by atoms with E-state index in [4.69, 9.17) is 16.3 Å². The largest absolute Gasteiger partial charge is 0.490 e. The van der Waals surface area contributed by atoms with Gasteiger partial charge in [0.1, 0.15) is 10.6 Å². The van der Waals surface area contributed by atoms with E-state index in [0.717, 1.165) is 18.6 Å². The average Bonchev–Trinajstić information content (AvgIpc) is 2.89. The molecule has 0 unspecified atom stereocenters. The van der Waals surface area contributed by atoms with Crippen LogP contribution in [0.3, 0.4) is 0 Å². The summed E-state index contributed by atoms with van der Waals surface area (Å²) in [5.41, 5.74) is 1.14.